The van der Waals surface area contributed by atoms with Gasteiger partial charge >= 0.3 is 0 Å². The van der Waals surface area contributed by atoms with Gasteiger partial charge in [0.05, 0.1) is 0 Å². The fourth-order valence-electron chi connectivity index (χ4n) is 0.770. The van der Waals surface area contributed by atoms with Crippen LogP contribution in [-0.4, -0.2) is 26.7 Å². The smallest absolute Gasteiger partial charge is 0.218 e. The van der Waals surface area contributed by atoms with Crippen molar-refractivity contribution in [2.75, 3.05) is 0 Å². The Labute approximate surface area is 80.5 Å². The molecular formula is C6H12N8. The molecule has 14 heavy (non-hydrogen) atoms. The minimum Gasteiger partial charge on any atom is -0.370 e. The van der Waals surface area contributed by atoms with E-state index in [1.165, 1.54) is 0 Å². The first-order valence-corrected chi connectivity index (χ1v) is 3.82. The molecule has 0 saturated heterocycles. The molecule has 0 aromatic carbocycles. The summed E-state index contributed by atoms with van der Waals surface area (Å²) in [6.07, 6.45) is 1.57. The molecule has 0 aliphatic heterocycles. The summed E-state index contributed by atoms with van der Waals surface area (Å²) in [7, 11) is 1.81. The van der Waals surface area contributed by atoms with Crippen molar-refractivity contribution in [2.24, 2.45) is 34.2 Å². The summed E-state index contributed by atoms with van der Waals surface area (Å²) in [5.41, 5.74) is 15.6. The van der Waals surface area contributed by atoms with Crippen molar-refractivity contribution in [3.63, 3.8) is 0 Å². The highest BCUT2D eigenvalue weighted by Gasteiger charge is 1.98. The third kappa shape index (κ3) is 2.73. The van der Waals surface area contributed by atoms with Crippen LogP contribution in [0.1, 0.15) is 5.82 Å². The van der Waals surface area contributed by atoms with Crippen molar-refractivity contribution in [3.05, 3.63) is 12.2 Å². The number of aromatic nitrogens is 3. The minimum absolute atomic E-state index is 0.0213. The molecular weight excluding hydrogens is 184 g/mol. The molecule has 0 aliphatic rings. The van der Waals surface area contributed by atoms with Crippen LogP contribution in [0.25, 0.3) is 0 Å². The third-order valence-electron chi connectivity index (χ3n) is 1.43. The third-order valence-corrected chi connectivity index (χ3v) is 1.43. The van der Waals surface area contributed by atoms with Crippen LogP contribution in [-0.2, 0) is 13.6 Å². The Balaban J connectivity index is 2.64. The van der Waals surface area contributed by atoms with Crippen LogP contribution in [0.5, 0.6) is 0 Å². The Kier molecular flexibility index (Phi) is 3.00. The van der Waals surface area contributed by atoms with Crippen molar-refractivity contribution in [3.8, 4) is 0 Å². The van der Waals surface area contributed by atoms with E-state index in [1.54, 1.807) is 10.9 Å². The van der Waals surface area contributed by atoms with Gasteiger partial charge in [0.15, 0.2) is 11.8 Å². The lowest BCUT2D eigenvalue weighted by atomic mass is 10.6. The fourth-order valence-corrected chi connectivity index (χ4v) is 0.770. The van der Waals surface area contributed by atoms with Crippen LogP contribution in [0.15, 0.2) is 16.3 Å². The number of guanidine groups is 2. The summed E-state index contributed by atoms with van der Waals surface area (Å²) in [4.78, 5) is 7.44. The van der Waals surface area contributed by atoms with Gasteiger partial charge in [-0.2, -0.15) is 4.99 Å². The SMILES string of the molecule is Cn1cnnc1CN=C(N)N=C(N)N. The van der Waals surface area contributed by atoms with Crippen molar-refractivity contribution in [1.82, 2.24) is 14.8 Å². The second kappa shape index (κ2) is 4.21. The van der Waals surface area contributed by atoms with Gasteiger partial charge in [0, 0.05) is 7.05 Å². The number of nitrogens with zero attached hydrogens (tertiary/aromatic N) is 5. The van der Waals surface area contributed by atoms with Crippen LogP contribution in [0.2, 0.25) is 0 Å². The predicted molar refractivity (Wildman–Crippen MR) is 52.1 cm³/mol. The van der Waals surface area contributed by atoms with Crippen LogP contribution in [0.3, 0.4) is 0 Å². The molecule has 76 valence electrons. The second-order valence-electron chi connectivity index (χ2n) is 2.57. The quantitative estimate of drug-likeness (QED) is 0.368. The van der Waals surface area contributed by atoms with Crippen molar-refractivity contribution >= 4 is 11.9 Å². The topological polar surface area (TPSA) is 133 Å². The summed E-state index contributed by atoms with van der Waals surface area (Å²) < 4.78 is 1.73. The lowest BCUT2D eigenvalue weighted by molar-refractivity contribution is 0.792. The molecule has 0 saturated carbocycles. The molecule has 0 aliphatic carbocycles. The fraction of sp³-hybridized carbons (Fsp3) is 0.333. The summed E-state index contributed by atoms with van der Waals surface area (Å²) in [5.74, 6) is 0.580. The van der Waals surface area contributed by atoms with Gasteiger partial charge in [-0.05, 0) is 0 Å². The largest absolute Gasteiger partial charge is 0.370 e. The number of aryl methyl sites for hydroxylation is 1. The molecule has 0 fully saturated rings. The van der Waals surface area contributed by atoms with Crippen molar-refractivity contribution < 1.29 is 0 Å². The van der Waals surface area contributed by atoms with Crippen LogP contribution in [0.4, 0.5) is 0 Å². The highest BCUT2D eigenvalue weighted by Crippen LogP contribution is 1.93. The average Bonchev–Trinajstić information content (AvgIpc) is 2.46. The van der Waals surface area contributed by atoms with Crippen LogP contribution < -0.4 is 17.2 Å². The average molecular weight is 196 g/mol. The summed E-state index contributed by atoms with van der Waals surface area (Å²) in [6.45, 7) is 0.291. The van der Waals surface area contributed by atoms with Crippen LogP contribution in [0, 0.1) is 0 Å². The minimum atomic E-state index is -0.121. The van der Waals surface area contributed by atoms with Gasteiger partial charge in [-0.1, -0.05) is 0 Å². The molecule has 1 aromatic rings. The zero-order valence-electron chi connectivity index (χ0n) is 7.75. The lowest BCUT2D eigenvalue weighted by Gasteiger charge is -1.96. The Bertz CT molecular complexity index is 358. The summed E-state index contributed by atoms with van der Waals surface area (Å²) >= 11 is 0. The first kappa shape index (κ1) is 9.96. The molecule has 0 radical (unpaired) electrons. The number of nitrogens with two attached hydrogens (primary N) is 3. The van der Waals surface area contributed by atoms with E-state index < -0.39 is 0 Å². The van der Waals surface area contributed by atoms with Crippen molar-refractivity contribution in [1.29, 1.82) is 0 Å². The number of aliphatic imine (C=N–C) groups is 2. The number of hydrogen-bond donors (Lipinski definition) is 3. The molecule has 0 spiro atoms. The van der Waals surface area contributed by atoms with Crippen molar-refractivity contribution in [2.45, 2.75) is 6.54 Å². The molecule has 1 rings (SSSR count). The predicted octanol–water partition coefficient (Wildman–Crippen LogP) is -2.10. The molecule has 0 bridgehead atoms. The first-order chi connectivity index (χ1) is 6.59. The Morgan fingerprint density at radius 3 is 2.71 bits per heavy atom. The molecule has 6 N–H and O–H groups in total. The van der Waals surface area contributed by atoms with E-state index in [0.29, 0.717) is 12.4 Å². The second-order valence-corrected chi connectivity index (χ2v) is 2.57. The van der Waals surface area contributed by atoms with Gasteiger partial charge in [-0.3, -0.25) is 0 Å². The summed E-state index contributed by atoms with van der Waals surface area (Å²) in [5, 5.41) is 7.48. The monoisotopic (exact) mass is 196 g/mol. The van der Waals surface area contributed by atoms with Crippen LogP contribution >= 0.6 is 0 Å². The van der Waals surface area contributed by atoms with Gasteiger partial charge in [0.2, 0.25) is 5.96 Å². The van der Waals surface area contributed by atoms with Gasteiger partial charge in [-0.15, -0.1) is 10.2 Å². The highest BCUT2D eigenvalue weighted by molar-refractivity contribution is 5.92. The molecule has 8 nitrogen and oxygen atoms in total. The maximum atomic E-state index is 5.39. The van der Waals surface area contributed by atoms with Gasteiger partial charge < -0.3 is 21.8 Å². The molecule has 8 heteroatoms. The Morgan fingerprint density at radius 1 is 1.50 bits per heavy atom. The zero-order valence-corrected chi connectivity index (χ0v) is 7.75. The standard InChI is InChI=1S/C6H12N8/c1-14-3-11-13-4(14)2-10-6(9)12-5(7)8/h3H,2H2,1H3,(H6,7,8,9,10,12). The lowest BCUT2D eigenvalue weighted by Crippen LogP contribution is -2.26. The number of hydrogen-bond acceptors (Lipinski definition) is 3. The normalized spacial score (nSPS) is 11.4. The van der Waals surface area contributed by atoms with E-state index in [0.717, 1.165) is 0 Å². The van der Waals surface area contributed by atoms with E-state index in [-0.39, 0.29) is 11.9 Å². The van der Waals surface area contributed by atoms with Gasteiger partial charge in [0.25, 0.3) is 0 Å². The van der Waals surface area contributed by atoms with E-state index >= 15 is 0 Å². The first-order valence-electron chi connectivity index (χ1n) is 3.82. The van der Waals surface area contributed by atoms with Gasteiger partial charge in [-0.25, -0.2) is 4.99 Å². The van der Waals surface area contributed by atoms with E-state index in [9.17, 15) is 0 Å². The van der Waals surface area contributed by atoms with E-state index in [2.05, 4.69) is 20.2 Å². The Hall–Kier alpha value is -2.12. The van der Waals surface area contributed by atoms with E-state index in [4.69, 9.17) is 17.2 Å². The Morgan fingerprint density at radius 2 is 2.21 bits per heavy atom. The van der Waals surface area contributed by atoms with E-state index in [1.807, 2.05) is 7.05 Å². The highest BCUT2D eigenvalue weighted by atomic mass is 15.3. The maximum absolute atomic E-state index is 5.39. The molecule has 0 unspecified atom stereocenters. The maximum Gasteiger partial charge on any atom is 0.218 e. The number of rotatable bonds is 2. The zero-order chi connectivity index (χ0) is 10.6. The van der Waals surface area contributed by atoms with Gasteiger partial charge in [0.1, 0.15) is 12.9 Å². The summed E-state index contributed by atoms with van der Waals surface area (Å²) in [6, 6.07) is 0. The molecule has 1 heterocycles. The molecule has 1 aromatic heterocycles. The molecule has 0 amide bonds. The molecule has 0 atom stereocenters.